The first-order valence-electron chi connectivity index (χ1n) is 6.72. The van der Waals surface area contributed by atoms with Gasteiger partial charge >= 0.3 is 0 Å². The SMILES string of the molecule is CCc1nn(Cc2ccccc2Cl)c(CC)c1CN. The molecule has 0 saturated heterocycles. The highest BCUT2D eigenvalue weighted by molar-refractivity contribution is 6.31. The second-order valence-electron chi connectivity index (χ2n) is 4.53. The zero-order valence-electron chi connectivity index (χ0n) is 11.5. The molecule has 2 N–H and O–H groups in total. The van der Waals surface area contributed by atoms with Crippen LogP contribution in [0.25, 0.3) is 0 Å². The largest absolute Gasteiger partial charge is 0.326 e. The predicted octanol–water partition coefficient (Wildman–Crippen LogP) is 3.17. The summed E-state index contributed by atoms with van der Waals surface area (Å²) in [5.74, 6) is 0. The summed E-state index contributed by atoms with van der Waals surface area (Å²) >= 11 is 6.22. The Balaban J connectivity index is 2.40. The summed E-state index contributed by atoms with van der Waals surface area (Å²) < 4.78 is 2.04. The van der Waals surface area contributed by atoms with Gasteiger partial charge in [0.1, 0.15) is 0 Å². The molecule has 0 amide bonds. The summed E-state index contributed by atoms with van der Waals surface area (Å²) in [6, 6.07) is 7.90. The van der Waals surface area contributed by atoms with E-state index in [0.29, 0.717) is 13.1 Å². The number of hydrogen-bond donors (Lipinski definition) is 1. The minimum absolute atomic E-state index is 0.550. The lowest BCUT2D eigenvalue weighted by Crippen LogP contribution is -2.08. The molecular weight excluding hydrogens is 258 g/mol. The molecule has 0 aliphatic rings. The Hall–Kier alpha value is -1.32. The predicted molar refractivity (Wildman–Crippen MR) is 79.4 cm³/mol. The molecule has 1 heterocycles. The van der Waals surface area contributed by atoms with Crippen LogP contribution in [-0.4, -0.2) is 9.78 Å². The maximum atomic E-state index is 6.22. The minimum Gasteiger partial charge on any atom is -0.326 e. The van der Waals surface area contributed by atoms with Crippen molar-refractivity contribution in [2.75, 3.05) is 0 Å². The van der Waals surface area contributed by atoms with Gasteiger partial charge in [0.05, 0.1) is 12.2 Å². The standard InChI is InChI=1S/C15H20ClN3/c1-3-14-12(9-17)15(4-2)19(18-14)10-11-7-5-6-8-13(11)16/h5-8H,3-4,9-10,17H2,1-2H3. The second-order valence-corrected chi connectivity index (χ2v) is 4.94. The molecule has 0 fully saturated rings. The summed E-state index contributed by atoms with van der Waals surface area (Å²) in [5, 5.41) is 5.47. The van der Waals surface area contributed by atoms with Crippen LogP contribution in [0.2, 0.25) is 5.02 Å². The van der Waals surface area contributed by atoms with Crippen LogP contribution < -0.4 is 5.73 Å². The van der Waals surface area contributed by atoms with Crippen LogP contribution >= 0.6 is 11.6 Å². The summed E-state index contributed by atoms with van der Waals surface area (Å²) in [6.45, 7) is 5.50. The van der Waals surface area contributed by atoms with Crippen molar-refractivity contribution in [3.8, 4) is 0 Å². The van der Waals surface area contributed by atoms with Gasteiger partial charge < -0.3 is 5.73 Å². The van der Waals surface area contributed by atoms with E-state index < -0.39 is 0 Å². The van der Waals surface area contributed by atoms with Crippen LogP contribution in [0.5, 0.6) is 0 Å². The first-order chi connectivity index (χ1) is 9.21. The van der Waals surface area contributed by atoms with Gasteiger partial charge in [-0.2, -0.15) is 5.10 Å². The van der Waals surface area contributed by atoms with Gasteiger partial charge in [0, 0.05) is 22.8 Å². The minimum atomic E-state index is 0.550. The lowest BCUT2D eigenvalue weighted by Gasteiger charge is -2.08. The van der Waals surface area contributed by atoms with Gasteiger partial charge in [0.15, 0.2) is 0 Å². The van der Waals surface area contributed by atoms with Crippen molar-refractivity contribution in [2.45, 2.75) is 39.8 Å². The first kappa shape index (κ1) is 14.1. The van der Waals surface area contributed by atoms with Crippen molar-refractivity contribution < 1.29 is 0 Å². The Morgan fingerprint density at radius 3 is 2.53 bits per heavy atom. The van der Waals surface area contributed by atoms with Gasteiger partial charge in [-0.3, -0.25) is 4.68 Å². The molecule has 0 aliphatic heterocycles. The van der Waals surface area contributed by atoms with E-state index in [0.717, 1.165) is 29.1 Å². The highest BCUT2D eigenvalue weighted by Gasteiger charge is 2.14. The highest BCUT2D eigenvalue weighted by Crippen LogP contribution is 2.20. The molecule has 102 valence electrons. The fourth-order valence-electron chi connectivity index (χ4n) is 2.42. The molecule has 3 nitrogen and oxygen atoms in total. The number of halogens is 1. The molecule has 0 unspecified atom stereocenters. The maximum Gasteiger partial charge on any atom is 0.0677 e. The molecule has 2 rings (SSSR count). The van der Waals surface area contributed by atoms with Gasteiger partial charge in [0.25, 0.3) is 0 Å². The zero-order chi connectivity index (χ0) is 13.8. The van der Waals surface area contributed by atoms with Crippen LogP contribution in [0.4, 0.5) is 0 Å². The van der Waals surface area contributed by atoms with Gasteiger partial charge in [-0.25, -0.2) is 0 Å². The molecule has 2 aromatic rings. The van der Waals surface area contributed by atoms with E-state index >= 15 is 0 Å². The van der Waals surface area contributed by atoms with Crippen LogP contribution in [0, 0.1) is 0 Å². The molecule has 0 bridgehead atoms. The average molecular weight is 278 g/mol. The van der Waals surface area contributed by atoms with Crippen molar-refractivity contribution in [3.63, 3.8) is 0 Å². The van der Waals surface area contributed by atoms with Crippen LogP contribution in [0.1, 0.15) is 36.4 Å². The van der Waals surface area contributed by atoms with Crippen molar-refractivity contribution in [3.05, 3.63) is 51.8 Å². The Kier molecular flexibility index (Phi) is 4.61. The molecule has 19 heavy (non-hydrogen) atoms. The normalized spacial score (nSPS) is 10.9. The van der Waals surface area contributed by atoms with Crippen LogP contribution in [-0.2, 0) is 25.9 Å². The van der Waals surface area contributed by atoms with E-state index in [4.69, 9.17) is 17.3 Å². The van der Waals surface area contributed by atoms with E-state index in [9.17, 15) is 0 Å². The Labute approximate surface area is 119 Å². The van der Waals surface area contributed by atoms with E-state index in [2.05, 4.69) is 18.9 Å². The molecule has 0 atom stereocenters. The van der Waals surface area contributed by atoms with Crippen molar-refractivity contribution in [2.24, 2.45) is 5.73 Å². The molecule has 4 heteroatoms. The number of rotatable bonds is 5. The van der Waals surface area contributed by atoms with E-state index in [-0.39, 0.29) is 0 Å². The van der Waals surface area contributed by atoms with E-state index in [1.807, 2.05) is 28.9 Å². The summed E-state index contributed by atoms with van der Waals surface area (Å²) in [6.07, 6.45) is 1.85. The quantitative estimate of drug-likeness (QED) is 0.912. The van der Waals surface area contributed by atoms with Gasteiger partial charge in [-0.05, 0) is 24.5 Å². The molecule has 0 saturated carbocycles. The number of nitrogens with zero attached hydrogens (tertiary/aromatic N) is 2. The topological polar surface area (TPSA) is 43.8 Å². The Morgan fingerprint density at radius 1 is 1.21 bits per heavy atom. The van der Waals surface area contributed by atoms with Crippen molar-refractivity contribution >= 4 is 11.6 Å². The van der Waals surface area contributed by atoms with Crippen LogP contribution in [0.15, 0.2) is 24.3 Å². The van der Waals surface area contributed by atoms with Gasteiger partial charge in [0.2, 0.25) is 0 Å². The van der Waals surface area contributed by atoms with Crippen LogP contribution in [0.3, 0.4) is 0 Å². The fraction of sp³-hybridized carbons (Fsp3) is 0.400. The third-order valence-electron chi connectivity index (χ3n) is 3.40. The number of hydrogen-bond acceptors (Lipinski definition) is 2. The molecule has 0 spiro atoms. The fourth-order valence-corrected chi connectivity index (χ4v) is 2.62. The number of benzene rings is 1. The lowest BCUT2D eigenvalue weighted by molar-refractivity contribution is 0.639. The molecule has 0 radical (unpaired) electrons. The number of aryl methyl sites for hydroxylation is 1. The molecular formula is C15H20ClN3. The third kappa shape index (κ3) is 2.82. The third-order valence-corrected chi connectivity index (χ3v) is 3.77. The highest BCUT2D eigenvalue weighted by atomic mass is 35.5. The zero-order valence-corrected chi connectivity index (χ0v) is 12.2. The summed E-state index contributed by atoms with van der Waals surface area (Å²) in [7, 11) is 0. The second kappa shape index (κ2) is 6.22. The monoisotopic (exact) mass is 277 g/mol. The Bertz CT molecular complexity index is 561. The molecule has 0 aliphatic carbocycles. The molecule has 1 aromatic heterocycles. The smallest absolute Gasteiger partial charge is 0.0677 e. The molecule has 1 aromatic carbocycles. The van der Waals surface area contributed by atoms with Gasteiger partial charge in [-0.15, -0.1) is 0 Å². The van der Waals surface area contributed by atoms with Crippen molar-refractivity contribution in [1.82, 2.24) is 9.78 Å². The average Bonchev–Trinajstić information content (AvgIpc) is 2.78. The maximum absolute atomic E-state index is 6.22. The van der Waals surface area contributed by atoms with Gasteiger partial charge in [-0.1, -0.05) is 43.6 Å². The first-order valence-corrected chi connectivity index (χ1v) is 7.09. The summed E-state index contributed by atoms with van der Waals surface area (Å²) in [5.41, 5.74) is 10.5. The summed E-state index contributed by atoms with van der Waals surface area (Å²) in [4.78, 5) is 0. The number of nitrogens with two attached hydrogens (primary N) is 1. The van der Waals surface area contributed by atoms with Crippen molar-refractivity contribution in [1.29, 1.82) is 0 Å². The number of aromatic nitrogens is 2. The van der Waals surface area contributed by atoms with E-state index in [1.54, 1.807) is 0 Å². The van der Waals surface area contributed by atoms with E-state index in [1.165, 1.54) is 11.3 Å². The lowest BCUT2D eigenvalue weighted by atomic mass is 10.1. The Morgan fingerprint density at radius 2 is 1.95 bits per heavy atom.